The van der Waals surface area contributed by atoms with Gasteiger partial charge in [-0.25, -0.2) is 8.78 Å². The van der Waals surface area contributed by atoms with Crippen LogP contribution in [0.1, 0.15) is 39.0 Å². The van der Waals surface area contributed by atoms with E-state index in [0.717, 1.165) is 47.6 Å². The second kappa shape index (κ2) is 9.50. The lowest BCUT2D eigenvalue weighted by Crippen LogP contribution is -2.12. The van der Waals surface area contributed by atoms with Gasteiger partial charge in [-0.2, -0.15) is 0 Å². The summed E-state index contributed by atoms with van der Waals surface area (Å²) in [6.45, 7) is 2.25. The zero-order chi connectivity index (χ0) is 19.1. The Labute approximate surface area is 160 Å². The van der Waals surface area contributed by atoms with Crippen LogP contribution >= 0.6 is 0 Å². The largest absolute Gasteiger partial charge is 0.491 e. The van der Waals surface area contributed by atoms with E-state index in [2.05, 4.69) is 13.0 Å². The first-order valence-corrected chi connectivity index (χ1v) is 9.72. The molecular weight excluding hydrogens is 342 g/mol. The van der Waals surface area contributed by atoms with E-state index in [-0.39, 0.29) is 12.4 Å². The zero-order valence-corrected chi connectivity index (χ0v) is 15.8. The summed E-state index contributed by atoms with van der Waals surface area (Å²) in [5.74, 6) is 0.450. The molecule has 0 saturated carbocycles. The second-order valence-corrected chi connectivity index (χ2v) is 6.99. The minimum absolute atomic E-state index is 0.102. The van der Waals surface area contributed by atoms with E-state index in [1.54, 1.807) is 12.1 Å². The van der Waals surface area contributed by atoms with Gasteiger partial charge in [0.05, 0.1) is 0 Å². The highest BCUT2D eigenvalue weighted by molar-refractivity contribution is 5.88. The molecule has 0 bridgehead atoms. The summed E-state index contributed by atoms with van der Waals surface area (Å²) >= 11 is 0. The van der Waals surface area contributed by atoms with E-state index in [1.807, 2.05) is 30.3 Å². The molecule has 0 fully saturated rings. The number of ether oxygens (including phenoxy) is 1. The standard InChI is InChI=1S/C24H26F2O/c1-2-3-4-5-6-23(26)17-27-24-14-11-20-15-19(7-8-21(20)16-24)18-9-12-22(25)13-10-18/h7-16,23H,2-6,17H2,1H3. The Morgan fingerprint density at radius 3 is 2.30 bits per heavy atom. The van der Waals surface area contributed by atoms with Gasteiger partial charge in [-0.3, -0.25) is 0 Å². The molecule has 0 N–H and O–H groups in total. The van der Waals surface area contributed by atoms with Crippen molar-refractivity contribution < 1.29 is 13.5 Å². The first-order valence-electron chi connectivity index (χ1n) is 9.72. The molecular formula is C24H26F2O. The zero-order valence-electron chi connectivity index (χ0n) is 15.8. The van der Waals surface area contributed by atoms with Gasteiger partial charge in [-0.05, 0) is 58.7 Å². The lowest BCUT2D eigenvalue weighted by molar-refractivity contribution is 0.184. The van der Waals surface area contributed by atoms with Crippen LogP contribution in [0.15, 0.2) is 60.7 Å². The summed E-state index contributed by atoms with van der Waals surface area (Å²) < 4.78 is 32.7. The summed E-state index contributed by atoms with van der Waals surface area (Å²) in [6.07, 6.45) is 3.98. The molecule has 0 aliphatic carbocycles. The first-order chi connectivity index (χ1) is 13.2. The van der Waals surface area contributed by atoms with Crippen LogP contribution in [0.4, 0.5) is 8.78 Å². The van der Waals surface area contributed by atoms with Crippen molar-refractivity contribution >= 4 is 10.8 Å². The third-order valence-electron chi connectivity index (χ3n) is 4.79. The minimum atomic E-state index is -0.918. The van der Waals surface area contributed by atoms with Gasteiger partial charge >= 0.3 is 0 Å². The summed E-state index contributed by atoms with van der Waals surface area (Å²) in [6, 6.07) is 18.4. The fourth-order valence-corrected chi connectivity index (χ4v) is 3.20. The van der Waals surface area contributed by atoms with Crippen molar-refractivity contribution in [1.29, 1.82) is 0 Å². The lowest BCUT2D eigenvalue weighted by atomic mass is 10.0. The second-order valence-electron chi connectivity index (χ2n) is 6.99. The highest BCUT2D eigenvalue weighted by Gasteiger charge is 2.08. The van der Waals surface area contributed by atoms with E-state index in [4.69, 9.17) is 4.74 Å². The van der Waals surface area contributed by atoms with Crippen molar-refractivity contribution in [2.75, 3.05) is 6.61 Å². The van der Waals surface area contributed by atoms with Gasteiger partial charge in [0.15, 0.2) is 0 Å². The topological polar surface area (TPSA) is 9.23 Å². The van der Waals surface area contributed by atoms with Crippen molar-refractivity contribution in [3.8, 4) is 16.9 Å². The molecule has 1 unspecified atom stereocenters. The maximum Gasteiger partial charge on any atom is 0.134 e. The monoisotopic (exact) mass is 368 g/mol. The summed E-state index contributed by atoms with van der Waals surface area (Å²) in [5, 5.41) is 2.11. The molecule has 0 aromatic heterocycles. The fourth-order valence-electron chi connectivity index (χ4n) is 3.20. The van der Waals surface area contributed by atoms with E-state index >= 15 is 0 Å². The van der Waals surface area contributed by atoms with Crippen LogP contribution in [0, 0.1) is 5.82 Å². The number of alkyl halides is 1. The van der Waals surface area contributed by atoms with Crippen LogP contribution in [-0.4, -0.2) is 12.8 Å². The molecule has 1 atom stereocenters. The van der Waals surface area contributed by atoms with Crippen molar-refractivity contribution in [3.05, 3.63) is 66.5 Å². The van der Waals surface area contributed by atoms with Gasteiger partial charge in [0.25, 0.3) is 0 Å². The van der Waals surface area contributed by atoms with E-state index in [0.29, 0.717) is 12.2 Å². The number of fused-ring (bicyclic) bond motifs is 1. The highest BCUT2D eigenvalue weighted by Crippen LogP contribution is 2.27. The van der Waals surface area contributed by atoms with Crippen molar-refractivity contribution in [1.82, 2.24) is 0 Å². The number of benzene rings is 3. The molecule has 0 radical (unpaired) electrons. The van der Waals surface area contributed by atoms with Crippen LogP contribution in [0.25, 0.3) is 21.9 Å². The highest BCUT2D eigenvalue weighted by atomic mass is 19.1. The van der Waals surface area contributed by atoms with Gasteiger partial charge in [0.1, 0.15) is 24.3 Å². The van der Waals surface area contributed by atoms with Crippen LogP contribution < -0.4 is 4.74 Å². The van der Waals surface area contributed by atoms with Gasteiger partial charge in [-0.1, -0.05) is 62.9 Å². The molecule has 0 saturated heterocycles. The first kappa shape index (κ1) is 19.3. The molecule has 0 heterocycles. The molecule has 27 heavy (non-hydrogen) atoms. The number of unbranched alkanes of at least 4 members (excludes halogenated alkanes) is 3. The minimum Gasteiger partial charge on any atom is -0.491 e. The Balaban J connectivity index is 1.62. The van der Waals surface area contributed by atoms with Crippen LogP contribution in [0.3, 0.4) is 0 Å². The Kier molecular flexibility index (Phi) is 6.80. The molecule has 0 amide bonds. The quantitative estimate of drug-likeness (QED) is 0.359. The maximum atomic E-state index is 13.9. The van der Waals surface area contributed by atoms with E-state index in [1.165, 1.54) is 12.1 Å². The summed E-state index contributed by atoms with van der Waals surface area (Å²) in [4.78, 5) is 0. The number of halogens is 2. The van der Waals surface area contributed by atoms with Gasteiger partial charge in [0, 0.05) is 0 Å². The number of hydrogen-bond donors (Lipinski definition) is 0. The molecule has 0 spiro atoms. The predicted octanol–water partition coefficient (Wildman–Crippen LogP) is 7.33. The maximum absolute atomic E-state index is 13.9. The Bertz CT molecular complexity index is 858. The molecule has 0 aliphatic rings. The molecule has 3 aromatic rings. The number of rotatable bonds is 9. The fraction of sp³-hybridized carbons (Fsp3) is 0.333. The van der Waals surface area contributed by atoms with Gasteiger partial charge < -0.3 is 4.74 Å². The normalized spacial score (nSPS) is 12.3. The average molecular weight is 368 g/mol. The molecule has 0 aliphatic heterocycles. The molecule has 142 valence electrons. The Morgan fingerprint density at radius 1 is 0.815 bits per heavy atom. The van der Waals surface area contributed by atoms with Crippen molar-refractivity contribution in [3.63, 3.8) is 0 Å². The van der Waals surface area contributed by atoms with Gasteiger partial charge in [0.2, 0.25) is 0 Å². The van der Waals surface area contributed by atoms with Crippen LogP contribution in [-0.2, 0) is 0 Å². The number of hydrogen-bond acceptors (Lipinski definition) is 1. The molecule has 3 rings (SSSR count). The van der Waals surface area contributed by atoms with Crippen LogP contribution in [0.5, 0.6) is 5.75 Å². The lowest BCUT2D eigenvalue weighted by Gasteiger charge is -2.11. The SMILES string of the molecule is CCCCCCC(F)COc1ccc2cc(-c3ccc(F)cc3)ccc2c1. The Morgan fingerprint density at radius 2 is 1.52 bits per heavy atom. The molecule has 3 heteroatoms. The third-order valence-corrected chi connectivity index (χ3v) is 4.79. The smallest absolute Gasteiger partial charge is 0.134 e. The summed E-state index contributed by atoms with van der Waals surface area (Å²) in [5.41, 5.74) is 2.01. The summed E-state index contributed by atoms with van der Waals surface area (Å²) in [7, 11) is 0. The van der Waals surface area contributed by atoms with Gasteiger partial charge in [-0.15, -0.1) is 0 Å². The van der Waals surface area contributed by atoms with Crippen molar-refractivity contribution in [2.24, 2.45) is 0 Å². The average Bonchev–Trinajstić information content (AvgIpc) is 2.70. The predicted molar refractivity (Wildman–Crippen MR) is 108 cm³/mol. The van der Waals surface area contributed by atoms with Crippen LogP contribution in [0.2, 0.25) is 0 Å². The van der Waals surface area contributed by atoms with E-state index in [9.17, 15) is 8.78 Å². The Hall–Kier alpha value is -2.42. The van der Waals surface area contributed by atoms with Crippen molar-refractivity contribution in [2.45, 2.75) is 45.2 Å². The van der Waals surface area contributed by atoms with E-state index < -0.39 is 6.17 Å². The molecule has 1 nitrogen and oxygen atoms in total. The molecule has 3 aromatic carbocycles. The third kappa shape index (κ3) is 5.53.